The molecule has 0 spiro atoms. The van der Waals surface area contributed by atoms with Gasteiger partial charge in [0.25, 0.3) is 5.91 Å². The van der Waals surface area contributed by atoms with Crippen LogP contribution in [0.4, 0.5) is 4.79 Å². The predicted molar refractivity (Wildman–Crippen MR) is 201 cm³/mol. The second kappa shape index (κ2) is 14.9. The number of likely N-dealkylation sites (tertiary alicyclic amines) is 1. The van der Waals surface area contributed by atoms with Crippen LogP contribution in [0.15, 0.2) is 96.7 Å². The molecule has 0 unspecified atom stereocenters. The number of carbonyl (C=O) groups excluding carboxylic acids is 4. The van der Waals surface area contributed by atoms with Crippen molar-refractivity contribution in [2.45, 2.75) is 75.1 Å². The largest absolute Gasteiger partial charge is 0.443 e. The summed E-state index contributed by atoms with van der Waals surface area (Å²) >= 11 is 0. The summed E-state index contributed by atoms with van der Waals surface area (Å²) in [5.41, 5.74) is 3.32. The van der Waals surface area contributed by atoms with Crippen LogP contribution in [0, 0.1) is 11.8 Å². The van der Waals surface area contributed by atoms with Crippen LogP contribution >= 0.6 is 0 Å². The Hall–Kier alpha value is -5.54. The highest BCUT2D eigenvalue weighted by molar-refractivity contribution is 7.91. The minimum atomic E-state index is -3.93. The van der Waals surface area contributed by atoms with Crippen LogP contribution in [0.3, 0.4) is 0 Å². The zero-order valence-electron chi connectivity index (χ0n) is 30.5. The van der Waals surface area contributed by atoms with Gasteiger partial charge in [-0.15, -0.1) is 6.58 Å². The quantitative estimate of drug-likeness (QED) is 0.102. The van der Waals surface area contributed by atoms with E-state index in [0.29, 0.717) is 24.1 Å². The Labute approximate surface area is 319 Å². The van der Waals surface area contributed by atoms with Crippen LogP contribution in [-0.4, -0.2) is 88.6 Å². The Morgan fingerprint density at radius 2 is 1.58 bits per heavy atom. The summed E-state index contributed by atoms with van der Waals surface area (Å²) in [6, 6.07) is 21.6. The Balaban J connectivity index is 1.15. The Bertz CT molecular complexity index is 2110. The fraction of sp³-hybridized carbons (Fsp3) is 0.375. The second-order valence-corrected chi connectivity index (χ2v) is 16.7. The van der Waals surface area contributed by atoms with Crippen molar-refractivity contribution in [2.75, 3.05) is 6.54 Å². The standard InChI is InChI=1S/C40H43N5O9S/c1-4-26-21-40(26,38(48)43-55(51,52)28-18-19-28)41-36(46)33-20-27(54-42-34-31-16-10-8-14-29(31)30-15-9-11-17-32(30)34)22-44(33)37(47)35(24(2)3)45(50)39(49)53-23-25-12-6-5-7-13-25/h4-17,24,26-28,33,35,50H,1,18-23H2,2-3H3,(H,41,46)(H,43,48)/t26-,27-,33+,35-,40+/m1/s1. The first-order valence-corrected chi connectivity index (χ1v) is 19.8. The number of ether oxygens (including phenoxy) is 1. The minimum Gasteiger partial charge on any atom is -0.443 e. The first kappa shape index (κ1) is 37.8. The summed E-state index contributed by atoms with van der Waals surface area (Å²) in [7, 11) is -3.93. The number of hydrogen-bond donors (Lipinski definition) is 3. The van der Waals surface area contributed by atoms with Gasteiger partial charge in [-0.3, -0.25) is 24.3 Å². The molecule has 3 fully saturated rings. The van der Waals surface area contributed by atoms with E-state index < -0.39 is 74.7 Å². The molecule has 7 rings (SSSR count). The molecule has 288 valence electrons. The van der Waals surface area contributed by atoms with Crippen molar-refractivity contribution in [3.05, 3.63) is 108 Å². The molecule has 55 heavy (non-hydrogen) atoms. The van der Waals surface area contributed by atoms with Crippen molar-refractivity contribution >= 4 is 39.5 Å². The molecule has 0 bridgehead atoms. The van der Waals surface area contributed by atoms with Crippen LogP contribution in [0.2, 0.25) is 0 Å². The number of nitrogens with one attached hydrogen (secondary N) is 2. The van der Waals surface area contributed by atoms with Gasteiger partial charge in [0.15, 0.2) is 0 Å². The summed E-state index contributed by atoms with van der Waals surface area (Å²) in [4.78, 5) is 62.6. The number of hydrogen-bond acceptors (Lipinski definition) is 10. The topological polar surface area (TPSA) is 184 Å². The van der Waals surface area contributed by atoms with E-state index in [4.69, 9.17) is 9.57 Å². The van der Waals surface area contributed by atoms with Crippen molar-refractivity contribution in [3.8, 4) is 11.1 Å². The molecule has 5 atom stereocenters. The van der Waals surface area contributed by atoms with E-state index in [1.807, 2.05) is 48.5 Å². The number of oxime groups is 1. The highest BCUT2D eigenvalue weighted by Crippen LogP contribution is 2.45. The maximum atomic E-state index is 14.4. The molecule has 4 aliphatic rings. The Morgan fingerprint density at radius 1 is 0.982 bits per heavy atom. The SMILES string of the molecule is C=C[C@@H]1C[C@@]1(NC(=O)[C@@H]1C[C@@H](ON=C2c3ccccc3-c3ccccc32)CN1C(=O)[C@@H](C(C)C)N(O)C(=O)OCc1ccccc1)C(=O)NS(=O)(=O)C1CC1. The van der Waals surface area contributed by atoms with E-state index in [-0.39, 0.29) is 31.1 Å². The number of fused-ring (bicyclic) bond motifs is 3. The van der Waals surface area contributed by atoms with Crippen molar-refractivity contribution in [2.24, 2.45) is 17.0 Å². The smallest absolute Gasteiger partial charge is 0.434 e. The first-order chi connectivity index (χ1) is 26.3. The maximum Gasteiger partial charge on any atom is 0.434 e. The molecule has 4 amide bonds. The van der Waals surface area contributed by atoms with E-state index in [0.717, 1.165) is 22.3 Å². The molecule has 0 radical (unpaired) electrons. The average molecular weight is 770 g/mol. The summed E-state index contributed by atoms with van der Waals surface area (Å²) in [6.07, 6.45) is 0.400. The van der Waals surface area contributed by atoms with Crippen molar-refractivity contribution in [3.63, 3.8) is 0 Å². The van der Waals surface area contributed by atoms with Gasteiger partial charge in [-0.25, -0.2) is 13.2 Å². The molecule has 3 aromatic rings. The van der Waals surface area contributed by atoms with Gasteiger partial charge in [-0.05, 0) is 41.9 Å². The van der Waals surface area contributed by atoms with E-state index in [2.05, 4.69) is 21.8 Å². The van der Waals surface area contributed by atoms with Gasteiger partial charge in [0, 0.05) is 23.5 Å². The maximum absolute atomic E-state index is 14.4. The number of sulfonamides is 1. The predicted octanol–water partition coefficient (Wildman–Crippen LogP) is 4.13. The molecular weight excluding hydrogens is 727 g/mol. The number of carbonyl (C=O) groups is 4. The molecular formula is C40H43N5O9S. The number of amides is 4. The van der Waals surface area contributed by atoms with Gasteiger partial charge in [0.2, 0.25) is 21.8 Å². The summed E-state index contributed by atoms with van der Waals surface area (Å²) < 4.78 is 32.8. The van der Waals surface area contributed by atoms with Crippen LogP contribution in [0.25, 0.3) is 11.1 Å². The fourth-order valence-electron chi connectivity index (χ4n) is 7.35. The van der Waals surface area contributed by atoms with E-state index in [1.54, 1.807) is 44.2 Å². The molecule has 15 heteroatoms. The van der Waals surface area contributed by atoms with E-state index in [1.165, 1.54) is 11.0 Å². The van der Waals surface area contributed by atoms with E-state index >= 15 is 0 Å². The molecule has 1 aliphatic heterocycles. The summed E-state index contributed by atoms with van der Waals surface area (Å²) in [5.74, 6) is -3.60. The lowest BCUT2D eigenvalue weighted by molar-refractivity contribution is -0.163. The van der Waals surface area contributed by atoms with Crippen molar-refractivity contribution in [1.29, 1.82) is 0 Å². The Kier molecular flexibility index (Phi) is 10.3. The molecule has 3 N–H and O–H groups in total. The minimum absolute atomic E-state index is 0.0663. The molecule has 3 aliphatic carbocycles. The number of rotatable bonds is 13. The first-order valence-electron chi connectivity index (χ1n) is 18.3. The van der Waals surface area contributed by atoms with Gasteiger partial charge < -0.3 is 19.8 Å². The third kappa shape index (κ3) is 7.45. The lowest BCUT2D eigenvalue weighted by atomic mass is 10.0. The van der Waals surface area contributed by atoms with Crippen LogP contribution in [0.1, 0.15) is 56.2 Å². The molecule has 1 saturated heterocycles. The summed E-state index contributed by atoms with van der Waals surface area (Å²) in [5, 5.41) is 18.0. The third-order valence-electron chi connectivity index (χ3n) is 10.6. The molecule has 0 aromatic heterocycles. The van der Waals surface area contributed by atoms with Gasteiger partial charge in [-0.2, -0.15) is 5.06 Å². The van der Waals surface area contributed by atoms with Crippen LogP contribution < -0.4 is 10.0 Å². The highest BCUT2D eigenvalue weighted by atomic mass is 32.2. The normalized spacial score (nSPS) is 22.9. The number of nitrogens with zero attached hydrogens (tertiary/aromatic N) is 3. The van der Waals surface area contributed by atoms with Gasteiger partial charge >= 0.3 is 6.09 Å². The summed E-state index contributed by atoms with van der Waals surface area (Å²) in [6.45, 7) is 6.71. The van der Waals surface area contributed by atoms with Crippen LogP contribution in [-0.2, 0) is 40.6 Å². The second-order valence-electron chi connectivity index (χ2n) is 14.8. The number of benzene rings is 3. The fourth-order valence-corrected chi connectivity index (χ4v) is 8.71. The van der Waals surface area contributed by atoms with Crippen molar-refractivity contribution in [1.82, 2.24) is 20.0 Å². The van der Waals surface area contributed by atoms with Gasteiger partial charge in [0.1, 0.15) is 36.0 Å². The molecule has 1 heterocycles. The molecule has 3 aromatic carbocycles. The number of hydroxylamine groups is 2. The van der Waals surface area contributed by atoms with Crippen LogP contribution in [0.5, 0.6) is 0 Å². The van der Waals surface area contributed by atoms with E-state index in [9.17, 15) is 32.8 Å². The monoisotopic (exact) mass is 769 g/mol. The van der Waals surface area contributed by atoms with Gasteiger partial charge in [-0.1, -0.05) is 104 Å². The van der Waals surface area contributed by atoms with Gasteiger partial charge in [0.05, 0.1) is 11.8 Å². The average Bonchev–Trinajstić information content (AvgIpc) is 4.09. The zero-order valence-corrected chi connectivity index (χ0v) is 31.3. The molecule has 2 saturated carbocycles. The Morgan fingerprint density at radius 3 is 2.15 bits per heavy atom. The van der Waals surface area contributed by atoms with Crippen molar-refractivity contribution < 1.29 is 42.4 Å². The zero-order chi connectivity index (χ0) is 39.1. The highest BCUT2D eigenvalue weighted by Gasteiger charge is 2.62. The molecule has 14 nitrogen and oxygen atoms in total. The lowest BCUT2D eigenvalue weighted by Gasteiger charge is -2.33. The lowest BCUT2D eigenvalue weighted by Crippen LogP contribution is -2.59. The third-order valence-corrected chi connectivity index (χ3v) is 12.4.